The molecule has 0 spiro atoms. The molecule has 0 aliphatic carbocycles. The van der Waals surface area contributed by atoms with Crippen LogP contribution in [0.5, 0.6) is 0 Å². The molecule has 0 aliphatic heterocycles. The summed E-state index contributed by atoms with van der Waals surface area (Å²) in [5.74, 6) is 5.23. The van der Waals surface area contributed by atoms with E-state index in [0.29, 0.717) is 11.4 Å². The van der Waals surface area contributed by atoms with Crippen LogP contribution in [-0.2, 0) is 10.0 Å². The molecule has 0 bridgehead atoms. The summed E-state index contributed by atoms with van der Waals surface area (Å²) in [5.41, 5.74) is 4.38. The lowest BCUT2D eigenvalue weighted by Gasteiger charge is -2.08. The number of sulfonamides is 1. The molecular formula is C12H14N4O2S. The van der Waals surface area contributed by atoms with Crippen LogP contribution in [0.25, 0.3) is 0 Å². The minimum atomic E-state index is -3.61. The first-order valence-electron chi connectivity index (χ1n) is 5.52. The van der Waals surface area contributed by atoms with Crippen molar-refractivity contribution in [3.8, 4) is 0 Å². The molecule has 0 aliphatic rings. The van der Waals surface area contributed by atoms with Gasteiger partial charge in [0, 0.05) is 11.9 Å². The number of aromatic nitrogens is 1. The summed E-state index contributed by atoms with van der Waals surface area (Å²) in [4.78, 5) is 4.10. The van der Waals surface area contributed by atoms with Crippen molar-refractivity contribution < 1.29 is 8.42 Å². The summed E-state index contributed by atoms with van der Waals surface area (Å²) in [6.45, 7) is 1.84. The average molecular weight is 278 g/mol. The molecule has 0 unspecified atom stereocenters. The van der Waals surface area contributed by atoms with Gasteiger partial charge in [-0.05, 0) is 42.8 Å². The Balaban J connectivity index is 2.27. The van der Waals surface area contributed by atoms with Crippen molar-refractivity contribution >= 4 is 21.4 Å². The van der Waals surface area contributed by atoms with Crippen molar-refractivity contribution in [2.75, 3.05) is 10.1 Å². The maximum absolute atomic E-state index is 12.1. The van der Waals surface area contributed by atoms with Crippen LogP contribution in [0, 0.1) is 6.92 Å². The van der Waals surface area contributed by atoms with Crippen molar-refractivity contribution in [1.29, 1.82) is 0 Å². The van der Waals surface area contributed by atoms with E-state index in [0.717, 1.165) is 5.56 Å². The average Bonchev–Trinajstić information content (AvgIpc) is 2.38. The van der Waals surface area contributed by atoms with E-state index in [1.54, 1.807) is 24.4 Å². The third kappa shape index (κ3) is 3.21. The Morgan fingerprint density at radius 3 is 2.37 bits per heavy atom. The number of hydrogen-bond acceptors (Lipinski definition) is 5. The molecule has 1 aromatic heterocycles. The van der Waals surface area contributed by atoms with E-state index in [2.05, 4.69) is 15.1 Å². The van der Waals surface area contributed by atoms with Crippen LogP contribution in [0.1, 0.15) is 5.56 Å². The smallest absolute Gasteiger partial charge is 0.261 e. The minimum absolute atomic E-state index is 0.160. The zero-order valence-corrected chi connectivity index (χ0v) is 11.1. The van der Waals surface area contributed by atoms with Crippen LogP contribution in [0.2, 0.25) is 0 Å². The highest BCUT2D eigenvalue weighted by Gasteiger charge is 2.14. The van der Waals surface area contributed by atoms with Crippen LogP contribution < -0.4 is 16.0 Å². The first-order chi connectivity index (χ1) is 9.01. The molecule has 2 aromatic rings. The third-order valence-electron chi connectivity index (χ3n) is 2.46. The maximum atomic E-state index is 12.1. The first-order valence-corrected chi connectivity index (χ1v) is 7.01. The molecule has 6 nitrogen and oxygen atoms in total. The summed E-state index contributed by atoms with van der Waals surface area (Å²) in [7, 11) is -3.61. The van der Waals surface area contributed by atoms with Gasteiger partial charge >= 0.3 is 0 Å². The molecule has 100 valence electrons. The Morgan fingerprint density at radius 2 is 1.79 bits per heavy atom. The quantitative estimate of drug-likeness (QED) is 0.581. The molecule has 0 amide bonds. The predicted octanol–water partition coefficient (Wildman–Crippen LogP) is 1.48. The summed E-state index contributed by atoms with van der Waals surface area (Å²) < 4.78 is 26.7. The summed E-state index contributed by atoms with van der Waals surface area (Å²) in [6.07, 6.45) is 3.11. The van der Waals surface area contributed by atoms with E-state index in [1.807, 2.05) is 6.92 Å². The fraction of sp³-hybridized carbons (Fsp3) is 0.0833. The van der Waals surface area contributed by atoms with Crippen molar-refractivity contribution in [1.82, 2.24) is 4.98 Å². The lowest BCUT2D eigenvalue weighted by molar-refractivity contribution is 0.601. The Kier molecular flexibility index (Phi) is 3.68. The van der Waals surface area contributed by atoms with E-state index in [1.165, 1.54) is 18.3 Å². The molecule has 1 heterocycles. The van der Waals surface area contributed by atoms with E-state index < -0.39 is 10.0 Å². The standard InChI is InChI=1S/C12H14N4O2S/c1-9-6-11(8-14-7-9)16-19(17,18)12-4-2-10(15-13)3-5-12/h2-8,15-16H,13H2,1H3. The van der Waals surface area contributed by atoms with Gasteiger partial charge in [0.2, 0.25) is 0 Å². The van der Waals surface area contributed by atoms with Gasteiger partial charge in [-0.3, -0.25) is 15.5 Å². The number of nitrogens with one attached hydrogen (secondary N) is 2. The van der Waals surface area contributed by atoms with Crippen molar-refractivity contribution in [3.05, 3.63) is 48.3 Å². The van der Waals surface area contributed by atoms with Gasteiger partial charge in [0.05, 0.1) is 16.8 Å². The van der Waals surface area contributed by atoms with Gasteiger partial charge in [-0.1, -0.05) is 0 Å². The Bertz CT molecular complexity index is 668. The van der Waals surface area contributed by atoms with Crippen LogP contribution in [0.15, 0.2) is 47.6 Å². The van der Waals surface area contributed by atoms with Gasteiger partial charge in [-0.15, -0.1) is 0 Å². The van der Waals surface area contributed by atoms with Gasteiger partial charge < -0.3 is 5.43 Å². The molecular weight excluding hydrogens is 264 g/mol. The van der Waals surface area contributed by atoms with Crippen molar-refractivity contribution in [2.24, 2.45) is 5.84 Å². The van der Waals surface area contributed by atoms with Crippen molar-refractivity contribution in [3.63, 3.8) is 0 Å². The molecule has 7 heteroatoms. The second kappa shape index (κ2) is 5.25. The maximum Gasteiger partial charge on any atom is 0.261 e. The second-order valence-corrected chi connectivity index (χ2v) is 5.71. The number of anilines is 2. The summed E-state index contributed by atoms with van der Waals surface area (Å²) >= 11 is 0. The van der Waals surface area contributed by atoms with E-state index in [9.17, 15) is 8.42 Å². The molecule has 4 N–H and O–H groups in total. The lowest BCUT2D eigenvalue weighted by atomic mass is 10.3. The number of hydrogen-bond donors (Lipinski definition) is 3. The highest BCUT2D eigenvalue weighted by Crippen LogP contribution is 2.17. The summed E-state index contributed by atoms with van der Waals surface area (Å²) in [5, 5.41) is 0. The molecule has 0 radical (unpaired) electrons. The number of pyridine rings is 1. The SMILES string of the molecule is Cc1cncc(NS(=O)(=O)c2ccc(NN)cc2)c1. The fourth-order valence-corrected chi connectivity index (χ4v) is 2.59. The number of rotatable bonds is 4. The second-order valence-electron chi connectivity index (χ2n) is 4.03. The van der Waals surface area contributed by atoms with Crippen LogP contribution in [0.4, 0.5) is 11.4 Å². The monoisotopic (exact) mass is 278 g/mol. The molecule has 2 rings (SSSR count). The van der Waals surface area contributed by atoms with E-state index in [4.69, 9.17) is 5.84 Å². The molecule has 1 aromatic carbocycles. The van der Waals surface area contributed by atoms with Gasteiger partial charge in [-0.2, -0.15) is 0 Å². The number of nitrogens with zero attached hydrogens (tertiary/aromatic N) is 1. The number of benzene rings is 1. The van der Waals surface area contributed by atoms with Gasteiger partial charge in [0.15, 0.2) is 0 Å². The molecule has 0 saturated heterocycles. The topological polar surface area (TPSA) is 97.1 Å². The first kappa shape index (κ1) is 13.3. The largest absolute Gasteiger partial charge is 0.324 e. The van der Waals surface area contributed by atoms with Crippen LogP contribution >= 0.6 is 0 Å². The van der Waals surface area contributed by atoms with E-state index in [-0.39, 0.29) is 4.90 Å². The lowest BCUT2D eigenvalue weighted by Crippen LogP contribution is -2.13. The highest BCUT2D eigenvalue weighted by molar-refractivity contribution is 7.92. The third-order valence-corrected chi connectivity index (χ3v) is 3.86. The number of hydrazine groups is 1. The Morgan fingerprint density at radius 1 is 1.11 bits per heavy atom. The summed E-state index contributed by atoms with van der Waals surface area (Å²) in [6, 6.07) is 7.83. The van der Waals surface area contributed by atoms with Gasteiger partial charge in [0.1, 0.15) is 0 Å². The molecule has 0 saturated carbocycles. The Labute approximate surface area is 111 Å². The predicted molar refractivity (Wildman–Crippen MR) is 74.0 cm³/mol. The molecule has 19 heavy (non-hydrogen) atoms. The highest BCUT2D eigenvalue weighted by atomic mass is 32.2. The minimum Gasteiger partial charge on any atom is -0.324 e. The van der Waals surface area contributed by atoms with Gasteiger partial charge in [-0.25, -0.2) is 8.42 Å². The van der Waals surface area contributed by atoms with Crippen molar-refractivity contribution in [2.45, 2.75) is 11.8 Å². The normalized spacial score (nSPS) is 11.1. The Hall–Kier alpha value is -2.12. The van der Waals surface area contributed by atoms with Gasteiger partial charge in [0.25, 0.3) is 10.0 Å². The van der Waals surface area contributed by atoms with Crippen LogP contribution in [-0.4, -0.2) is 13.4 Å². The fourth-order valence-electron chi connectivity index (χ4n) is 1.56. The molecule has 0 atom stereocenters. The number of nitrogens with two attached hydrogens (primary N) is 1. The van der Waals surface area contributed by atoms with Crippen LogP contribution in [0.3, 0.4) is 0 Å². The zero-order chi connectivity index (χ0) is 13.9. The molecule has 0 fully saturated rings. The van der Waals surface area contributed by atoms with E-state index >= 15 is 0 Å². The number of aryl methyl sites for hydroxylation is 1. The number of nitrogen functional groups attached to an aromatic ring is 1. The zero-order valence-electron chi connectivity index (χ0n) is 10.3.